The summed E-state index contributed by atoms with van der Waals surface area (Å²) in [4.78, 5) is 18.4. The summed E-state index contributed by atoms with van der Waals surface area (Å²) >= 11 is 13.0. The van der Waals surface area contributed by atoms with Crippen molar-refractivity contribution in [1.29, 1.82) is 0 Å². The second-order valence-electron chi connectivity index (χ2n) is 7.03. The zero-order valence-corrected chi connectivity index (χ0v) is 18.9. The fourth-order valence-electron chi connectivity index (χ4n) is 3.47. The van der Waals surface area contributed by atoms with Crippen molar-refractivity contribution in [2.75, 3.05) is 33.3 Å². The highest BCUT2D eigenvalue weighted by Gasteiger charge is 2.23. The summed E-state index contributed by atoms with van der Waals surface area (Å²) < 4.78 is 8.20. The molecule has 7 nitrogen and oxygen atoms in total. The maximum absolute atomic E-state index is 12.9. The van der Waals surface area contributed by atoms with Crippen molar-refractivity contribution in [3.63, 3.8) is 0 Å². The van der Waals surface area contributed by atoms with Gasteiger partial charge >= 0.3 is 0 Å². The minimum atomic E-state index is 0.0427. The number of benzene rings is 1. The van der Waals surface area contributed by atoms with Gasteiger partial charge in [0, 0.05) is 43.2 Å². The first-order valence-electron chi connectivity index (χ1n) is 9.57. The SMILES string of the molecule is COc1ccc(-c2n[nH]c(=S)n2CC(=O)N2CCN(Cc3ccc(Cl)s3)CC2)cc1. The van der Waals surface area contributed by atoms with Crippen molar-refractivity contribution in [3.8, 4) is 17.1 Å². The van der Waals surface area contributed by atoms with Crippen molar-refractivity contribution in [1.82, 2.24) is 24.6 Å². The lowest BCUT2D eigenvalue weighted by Gasteiger charge is -2.34. The largest absolute Gasteiger partial charge is 0.497 e. The summed E-state index contributed by atoms with van der Waals surface area (Å²) in [5.74, 6) is 1.45. The number of rotatable bonds is 6. The Morgan fingerprint density at radius 2 is 1.93 bits per heavy atom. The molecule has 0 spiro atoms. The number of H-pyrrole nitrogens is 1. The highest BCUT2D eigenvalue weighted by molar-refractivity contribution is 7.71. The third kappa shape index (κ3) is 4.75. The number of nitrogens with one attached hydrogen (secondary N) is 1. The van der Waals surface area contributed by atoms with Crippen molar-refractivity contribution >= 4 is 41.1 Å². The van der Waals surface area contributed by atoms with Gasteiger partial charge in [-0.1, -0.05) is 11.6 Å². The molecular weight excluding hydrogens is 442 g/mol. The highest BCUT2D eigenvalue weighted by Crippen LogP contribution is 2.24. The number of piperazine rings is 1. The standard InChI is InChI=1S/C20H22ClN5O2S2/c1-28-15-4-2-14(3-5-15)19-22-23-20(29)26(19)13-18(27)25-10-8-24(9-11-25)12-16-6-7-17(21)30-16/h2-7H,8-13H2,1H3,(H,23,29). The topological polar surface area (TPSA) is 66.4 Å². The van der Waals surface area contributed by atoms with Crippen LogP contribution in [-0.2, 0) is 17.9 Å². The Bertz CT molecular complexity index is 1070. The molecule has 3 aromatic rings. The van der Waals surface area contributed by atoms with Crippen LogP contribution < -0.4 is 4.74 Å². The molecule has 1 aromatic carbocycles. The van der Waals surface area contributed by atoms with E-state index in [1.54, 1.807) is 23.0 Å². The van der Waals surface area contributed by atoms with Gasteiger partial charge in [0.05, 0.1) is 11.4 Å². The smallest absolute Gasteiger partial charge is 0.242 e. The van der Waals surface area contributed by atoms with Gasteiger partial charge < -0.3 is 9.64 Å². The molecule has 0 aliphatic carbocycles. The number of amides is 1. The second-order valence-corrected chi connectivity index (χ2v) is 9.22. The van der Waals surface area contributed by atoms with E-state index in [2.05, 4.69) is 21.2 Å². The predicted octanol–water partition coefficient (Wildman–Crippen LogP) is 3.68. The van der Waals surface area contributed by atoms with Gasteiger partial charge in [0.1, 0.15) is 12.3 Å². The Balaban J connectivity index is 1.38. The molecule has 0 saturated carbocycles. The number of hydrogen-bond acceptors (Lipinski definition) is 6. The number of halogens is 1. The van der Waals surface area contributed by atoms with Gasteiger partial charge in [0.15, 0.2) is 10.6 Å². The number of thiophene rings is 1. The highest BCUT2D eigenvalue weighted by atomic mass is 35.5. The molecule has 158 valence electrons. The minimum Gasteiger partial charge on any atom is -0.497 e. The van der Waals surface area contributed by atoms with E-state index in [9.17, 15) is 4.79 Å². The van der Waals surface area contributed by atoms with Crippen LogP contribution in [0.25, 0.3) is 11.4 Å². The number of carbonyl (C=O) groups excluding carboxylic acids is 1. The fourth-order valence-corrected chi connectivity index (χ4v) is 4.80. The van der Waals surface area contributed by atoms with Crippen LogP contribution in [0.3, 0.4) is 0 Å². The summed E-state index contributed by atoms with van der Waals surface area (Å²) in [5.41, 5.74) is 0.871. The van der Waals surface area contributed by atoms with E-state index in [1.807, 2.05) is 35.2 Å². The Labute approximate surface area is 188 Å². The third-order valence-electron chi connectivity index (χ3n) is 5.13. The van der Waals surface area contributed by atoms with Crippen LogP contribution in [0.4, 0.5) is 0 Å². The zero-order valence-electron chi connectivity index (χ0n) is 16.5. The number of methoxy groups -OCH3 is 1. The van der Waals surface area contributed by atoms with E-state index in [4.69, 9.17) is 28.6 Å². The van der Waals surface area contributed by atoms with Crippen LogP contribution >= 0.6 is 35.2 Å². The molecule has 1 N–H and O–H groups in total. The molecular formula is C20H22ClN5O2S2. The van der Waals surface area contributed by atoms with Crippen LogP contribution in [0.1, 0.15) is 4.88 Å². The first kappa shape index (κ1) is 21.0. The number of hydrogen-bond donors (Lipinski definition) is 1. The molecule has 1 aliphatic heterocycles. The molecule has 1 fully saturated rings. The Kier molecular flexibility index (Phi) is 6.52. The summed E-state index contributed by atoms with van der Waals surface area (Å²) in [5, 5.41) is 7.12. The monoisotopic (exact) mass is 463 g/mol. The van der Waals surface area contributed by atoms with Crippen molar-refractivity contribution < 1.29 is 9.53 Å². The number of carbonyl (C=O) groups is 1. The Morgan fingerprint density at radius 1 is 1.20 bits per heavy atom. The molecule has 0 radical (unpaired) electrons. The first-order valence-corrected chi connectivity index (χ1v) is 11.2. The molecule has 2 aromatic heterocycles. The molecule has 3 heterocycles. The normalized spacial score (nSPS) is 14.8. The summed E-state index contributed by atoms with van der Waals surface area (Å²) in [7, 11) is 1.62. The minimum absolute atomic E-state index is 0.0427. The van der Waals surface area contributed by atoms with Crippen molar-refractivity contribution in [3.05, 3.63) is 50.4 Å². The number of aromatic amines is 1. The fraction of sp³-hybridized carbons (Fsp3) is 0.350. The van der Waals surface area contributed by atoms with E-state index in [0.29, 0.717) is 23.7 Å². The lowest BCUT2D eigenvalue weighted by molar-refractivity contribution is -0.133. The van der Waals surface area contributed by atoms with E-state index >= 15 is 0 Å². The number of nitrogens with zero attached hydrogens (tertiary/aromatic N) is 4. The molecule has 4 rings (SSSR count). The van der Waals surface area contributed by atoms with Crippen LogP contribution in [0.5, 0.6) is 5.75 Å². The first-order chi connectivity index (χ1) is 14.5. The van der Waals surface area contributed by atoms with E-state index in [0.717, 1.165) is 35.3 Å². The molecule has 1 aliphatic rings. The number of aromatic nitrogens is 3. The lowest BCUT2D eigenvalue weighted by atomic mass is 10.2. The summed E-state index contributed by atoms with van der Waals surface area (Å²) in [6.45, 7) is 4.10. The molecule has 0 bridgehead atoms. The molecule has 10 heteroatoms. The Morgan fingerprint density at radius 3 is 2.57 bits per heavy atom. The molecule has 30 heavy (non-hydrogen) atoms. The Hall–Kier alpha value is -2.20. The van der Waals surface area contributed by atoms with E-state index in [-0.39, 0.29) is 12.5 Å². The van der Waals surface area contributed by atoms with Crippen LogP contribution in [0.15, 0.2) is 36.4 Å². The quantitative estimate of drug-likeness (QED) is 0.565. The van der Waals surface area contributed by atoms with Crippen LogP contribution in [0, 0.1) is 4.77 Å². The summed E-state index contributed by atoms with van der Waals surface area (Å²) in [6.07, 6.45) is 0. The molecule has 1 amide bonds. The summed E-state index contributed by atoms with van der Waals surface area (Å²) in [6, 6.07) is 11.5. The molecule has 0 atom stereocenters. The van der Waals surface area contributed by atoms with Gasteiger partial charge in [0.25, 0.3) is 0 Å². The molecule has 0 unspecified atom stereocenters. The second kappa shape index (κ2) is 9.30. The third-order valence-corrected chi connectivity index (χ3v) is 6.66. The average molecular weight is 464 g/mol. The van der Waals surface area contributed by atoms with Gasteiger partial charge in [-0.25, -0.2) is 0 Å². The van der Waals surface area contributed by atoms with Gasteiger partial charge in [0.2, 0.25) is 5.91 Å². The maximum Gasteiger partial charge on any atom is 0.242 e. The van der Waals surface area contributed by atoms with E-state index < -0.39 is 0 Å². The maximum atomic E-state index is 12.9. The average Bonchev–Trinajstić information content (AvgIpc) is 3.34. The van der Waals surface area contributed by atoms with E-state index in [1.165, 1.54) is 4.88 Å². The zero-order chi connectivity index (χ0) is 21.1. The van der Waals surface area contributed by atoms with Crippen molar-refractivity contribution in [2.24, 2.45) is 0 Å². The van der Waals surface area contributed by atoms with Crippen LogP contribution in [-0.4, -0.2) is 63.8 Å². The predicted molar refractivity (Wildman–Crippen MR) is 121 cm³/mol. The number of ether oxygens (including phenoxy) is 1. The van der Waals surface area contributed by atoms with Gasteiger partial charge in [-0.05, 0) is 48.6 Å². The van der Waals surface area contributed by atoms with Gasteiger partial charge in [-0.3, -0.25) is 19.4 Å². The van der Waals surface area contributed by atoms with Crippen molar-refractivity contribution in [2.45, 2.75) is 13.1 Å². The van der Waals surface area contributed by atoms with Gasteiger partial charge in [-0.2, -0.15) is 5.10 Å². The van der Waals surface area contributed by atoms with Crippen LogP contribution in [0.2, 0.25) is 4.34 Å². The molecule has 1 saturated heterocycles. The lowest BCUT2D eigenvalue weighted by Crippen LogP contribution is -2.49. The van der Waals surface area contributed by atoms with Gasteiger partial charge in [-0.15, -0.1) is 11.3 Å².